The summed E-state index contributed by atoms with van der Waals surface area (Å²) in [4.78, 5) is 14.6. The smallest absolute Gasteiger partial charge is 0.237 e. The van der Waals surface area contributed by atoms with Crippen LogP contribution in [0.5, 0.6) is 0 Å². The fourth-order valence-corrected chi connectivity index (χ4v) is 2.68. The Morgan fingerprint density at radius 1 is 1.53 bits per heavy atom. The van der Waals surface area contributed by atoms with Crippen LogP contribution in [0.25, 0.3) is 0 Å². The second-order valence-corrected chi connectivity index (χ2v) is 4.75. The number of nitrogens with zero attached hydrogens (tertiary/aromatic N) is 1. The second-order valence-electron chi connectivity index (χ2n) is 3.28. The number of carbonyl (C=O) groups excluding carboxylic acids is 1. The summed E-state index contributed by atoms with van der Waals surface area (Å²) < 4.78 is 0. The zero-order chi connectivity index (χ0) is 10.8. The highest BCUT2D eigenvalue weighted by Crippen LogP contribution is 2.36. The Morgan fingerprint density at radius 2 is 2.33 bits per heavy atom. The van der Waals surface area contributed by atoms with Gasteiger partial charge in [0.25, 0.3) is 0 Å². The van der Waals surface area contributed by atoms with Crippen LogP contribution in [0.15, 0.2) is 23.1 Å². The van der Waals surface area contributed by atoms with Crippen LogP contribution in [-0.4, -0.2) is 24.0 Å². The van der Waals surface area contributed by atoms with Gasteiger partial charge in [-0.25, -0.2) is 0 Å². The van der Waals surface area contributed by atoms with Gasteiger partial charge in [-0.15, -0.1) is 11.8 Å². The molecule has 1 amide bonds. The summed E-state index contributed by atoms with van der Waals surface area (Å²) in [5.74, 6) is 1.29. The van der Waals surface area contributed by atoms with Gasteiger partial charge in [0, 0.05) is 22.9 Å². The minimum absolute atomic E-state index is 0.132. The molecule has 0 aromatic heterocycles. The van der Waals surface area contributed by atoms with Crippen LogP contribution < -0.4 is 10.6 Å². The highest BCUT2D eigenvalue weighted by atomic mass is 32.2. The number of amides is 1. The van der Waals surface area contributed by atoms with Crippen LogP contribution in [0.2, 0.25) is 0 Å². The molecule has 1 aliphatic heterocycles. The van der Waals surface area contributed by atoms with Gasteiger partial charge in [0.15, 0.2) is 0 Å². The number of anilines is 2. The predicted molar refractivity (Wildman–Crippen MR) is 67.8 cm³/mol. The molecule has 1 aliphatic rings. The van der Waals surface area contributed by atoms with Gasteiger partial charge < -0.3 is 10.6 Å². The number of carbonyl (C=O) groups is 1. The van der Waals surface area contributed by atoms with E-state index in [4.69, 9.17) is 5.73 Å². The van der Waals surface area contributed by atoms with Gasteiger partial charge in [-0.2, -0.15) is 12.6 Å². The van der Waals surface area contributed by atoms with Gasteiger partial charge >= 0.3 is 0 Å². The molecular weight excluding hydrogens is 228 g/mol. The quantitative estimate of drug-likeness (QED) is 0.610. The molecule has 2 rings (SSSR count). The number of fused-ring (bicyclic) bond motifs is 1. The molecule has 15 heavy (non-hydrogen) atoms. The largest absolute Gasteiger partial charge is 0.399 e. The number of hydrogen-bond donors (Lipinski definition) is 2. The molecule has 1 aromatic carbocycles. The van der Waals surface area contributed by atoms with Crippen LogP contribution in [0.4, 0.5) is 11.4 Å². The van der Waals surface area contributed by atoms with Crippen molar-refractivity contribution in [2.75, 3.05) is 28.7 Å². The van der Waals surface area contributed by atoms with Crippen molar-refractivity contribution in [2.24, 2.45) is 0 Å². The summed E-state index contributed by atoms with van der Waals surface area (Å²) in [6, 6.07) is 5.68. The van der Waals surface area contributed by atoms with Gasteiger partial charge in [-0.1, -0.05) is 0 Å². The molecule has 2 N–H and O–H groups in total. The number of hydrogen-bond acceptors (Lipinski definition) is 4. The molecule has 1 heterocycles. The summed E-state index contributed by atoms with van der Waals surface area (Å²) in [5.41, 5.74) is 7.33. The standard InChI is InChI=1S/C10H12N2OS2/c11-7-1-2-9-8(5-7)12(3-4-14)10(13)6-15-9/h1-2,5,14H,3-4,6,11H2. The minimum Gasteiger partial charge on any atom is -0.399 e. The van der Waals surface area contributed by atoms with E-state index in [0.717, 1.165) is 10.6 Å². The molecule has 0 radical (unpaired) electrons. The molecule has 0 saturated carbocycles. The van der Waals surface area contributed by atoms with Crippen molar-refractivity contribution in [3.05, 3.63) is 18.2 Å². The monoisotopic (exact) mass is 240 g/mol. The van der Waals surface area contributed by atoms with E-state index in [-0.39, 0.29) is 5.91 Å². The van der Waals surface area contributed by atoms with Gasteiger partial charge in [0.05, 0.1) is 11.4 Å². The van der Waals surface area contributed by atoms with E-state index >= 15 is 0 Å². The first kappa shape index (κ1) is 10.7. The summed E-state index contributed by atoms with van der Waals surface area (Å²) in [7, 11) is 0. The van der Waals surface area contributed by atoms with Gasteiger partial charge in [0.2, 0.25) is 5.91 Å². The maximum Gasteiger partial charge on any atom is 0.237 e. The third kappa shape index (κ3) is 2.08. The zero-order valence-electron chi connectivity index (χ0n) is 8.14. The lowest BCUT2D eigenvalue weighted by molar-refractivity contribution is -0.116. The maximum absolute atomic E-state index is 11.7. The van der Waals surface area contributed by atoms with E-state index in [1.54, 1.807) is 16.7 Å². The van der Waals surface area contributed by atoms with Crippen molar-refractivity contribution in [3.63, 3.8) is 0 Å². The average Bonchev–Trinajstić information content (AvgIpc) is 2.23. The highest BCUT2D eigenvalue weighted by molar-refractivity contribution is 8.00. The van der Waals surface area contributed by atoms with Crippen molar-refractivity contribution in [3.8, 4) is 0 Å². The first-order valence-corrected chi connectivity index (χ1v) is 6.27. The number of nitrogens with two attached hydrogens (primary N) is 1. The fraction of sp³-hybridized carbons (Fsp3) is 0.300. The number of nitrogen functional groups attached to an aromatic ring is 1. The Morgan fingerprint density at radius 3 is 3.07 bits per heavy atom. The first-order chi connectivity index (χ1) is 7.22. The van der Waals surface area contributed by atoms with Crippen molar-refractivity contribution in [1.29, 1.82) is 0 Å². The van der Waals surface area contributed by atoms with Crippen molar-refractivity contribution in [2.45, 2.75) is 4.90 Å². The van der Waals surface area contributed by atoms with Gasteiger partial charge in [-0.3, -0.25) is 4.79 Å². The van der Waals surface area contributed by atoms with Crippen molar-refractivity contribution in [1.82, 2.24) is 0 Å². The maximum atomic E-state index is 11.7. The van der Waals surface area contributed by atoms with Crippen LogP contribution in [0.3, 0.4) is 0 Å². The Hall–Kier alpha value is -0.810. The van der Waals surface area contributed by atoms with Crippen LogP contribution in [-0.2, 0) is 4.79 Å². The number of benzene rings is 1. The number of thiol groups is 1. The topological polar surface area (TPSA) is 46.3 Å². The van der Waals surface area contributed by atoms with E-state index in [1.165, 1.54) is 0 Å². The summed E-state index contributed by atoms with van der Waals surface area (Å²) in [6.07, 6.45) is 0. The highest BCUT2D eigenvalue weighted by Gasteiger charge is 2.23. The molecule has 80 valence electrons. The van der Waals surface area contributed by atoms with E-state index in [9.17, 15) is 4.79 Å². The summed E-state index contributed by atoms with van der Waals surface area (Å²) in [5, 5.41) is 0. The minimum atomic E-state index is 0.132. The Bertz CT molecular complexity index is 395. The molecule has 0 unspecified atom stereocenters. The normalized spacial score (nSPS) is 15.3. The molecule has 0 bridgehead atoms. The Kier molecular flexibility index (Phi) is 3.11. The van der Waals surface area contributed by atoms with Gasteiger partial charge in [0.1, 0.15) is 0 Å². The molecule has 0 aliphatic carbocycles. The van der Waals surface area contributed by atoms with E-state index in [1.807, 2.05) is 18.2 Å². The molecule has 1 aromatic rings. The lowest BCUT2D eigenvalue weighted by Crippen LogP contribution is -2.36. The van der Waals surface area contributed by atoms with Crippen LogP contribution in [0.1, 0.15) is 0 Å². The van der Waals surface area contributed by atoms with Crippen molar-refractivity contribution >= 4 is 41.7 Å². The van der Waals surface area contributed by atoms with E-state index < -0.39 is 0 Å². The molecule has 0 spiro atoms. The molecule has 0 saturated heterocycles. The molecule has 5 heteroatoms. The summed E-state index contributed by atoms with van der Waals surface area (Å²) >= 11 is 5.72. The second kappa shape index (κ2) is 4.37. The Labute approximate surface area is 98.4 Å². The molecule has 0 atom stereocenters. The lowest BCUT2D eigenvalue weighted by atomic mass is 10.2. The SMILES string of the molecule is Nc1ccc2c(c1)N(CCS)C(=O)CS2. The van der Waals surface area contributed by atoms with E-state index in [2.05, 4.69) is 12.6 Å². The average molecular weight is 240 g/mol. The summed E-state index contributed by atoms with van der Waals surface area (Å²) in [6.45, 7) is 0.638. The molecular formula is C10H12N2OS2. The number of thioether (sulfide) groups is 1. The third-order valence-electron chi connectivity index (χ3n) is 2.25. The van der Waals surface area contributed by atoms with E-state index in [0.29, 0.717) is 23.7 Å². The fourth-order valence-electron chi connectivity index (χ4n) is 1.56. The molecule has 0 fully saturated rings. The van der Waals surface area contributed by atoms with Crippen molar-refractivity contribution < 1.29 is 4.79 Å². The first-order valence-electron chi connectivity index (χ1n) is 4.66. The number of rotatable bonds is 2. The van der Waals surface area contributed by atoms with Gasteiger partial charge in [-0.05, 0) is 18.2 Å². The van der Waals surface area contributed by atoms with Crippen LogP contribution >= 0.6 is 24.4 Å². The predicted octanol–water partition coefficient (Wildman–Crippen LogP) is 1.64. The molecule has 3 nitrogen and oxygen atoms in total. The lowest BCUT2D eigenvalue weighted by Gasteiger charge is -2.28. The Balaban J connectivity index is 2.41. The zero-order valence-corrected chi connectivity index (χ0v) is 9.85. The van der Waals surface area contributed by atoms with Crippen LogP contribution in [0, 0.1) is 0 Å². The third-order valence-corrected chi connectivity index (χ3v) is 3.50.